The number of nitrogens with one attached hydrogen (secondary N) is 1. The van der Waals surface area contributed by atoms with Gasteiger partial charge in [0, 0.05) is 6.04 Å². The van der Waals surface area contributed by atoms with Crippen LogP contribution in [0.15, 0.2) is 12.7 Å². The Bertz CT molecular complexity index is 199. The number of unbranched alkanes of at least 4 members (excludes halogenated alkanes) is 1. The number of hydrogen-bond acceptors (Lipinski definition) is 2. The van der Waals surface area contributed by atoms with Gasteiger partial charge in [-0.2, -0.15) is 0 Å². The van der Waals surface area contributed by atoms with E-state index >= 15 is 0 Å². The van der Waals surface area contributed by atoms with Crippen LogP contribution >= 0.6 is 0 Å². The lowest BCUT2D eigenvalue weighted by atomic mass is 9.76. The molecule has 1 saturated carbocycles. The molecule has 0 aromatic rings. The van der Waals surface area contributed by atoms with E-state index in [1.54, 1.807) is 0 Å². The van der Waals surface area contributed by atoms with Crippen LogP contribution in [0.1, 0.15) is 52.4 Å². The lowest BCUT2D eigenvalue weighted by Crippen LogP contribution is -2.44. The normalized spacial score (nSPS) is 26.5. The van der Waals surface area contributed by atoms with Crippen molar-refractivity contribution < 1.29 is 0 Å². The number of allylic oxidation sites excluding steroid dienone is 1. The molecule has 15 heavy (non-hydrogen) atoms. The molecule has 2 heteroatoms. The molecular weight excluding hydrogens is 184 g/mol. The van der Waals surface area contributed by atoms with E-state index in [1.165, 1.54) is 32.1 Å². The van der Waals surface area contributed by atoms with Crippen LogP contribution in [-0.4, -0.2) is 6.04 Å². The first-order chi connectivity index (χ1) is 7.11. The van der Waals surface area contributed by atoms with Gasteiger partial charge < -0.3 is 0 Å². The Hall–Kier alpha value is -0.340. The molecule has 0 saturated heterocycles. The Labute approximate surface area is 94.3 Å². The maximum atomic E-state index is 5.68. The largest absolute Gasteiger partial charge is 0.271 e. The summed E-state index contributed by atoms with van der Waals surface area (Å²) >= 11 is 0. The highest BCUT2D eigenvalue weighted by Gasteiger charge is 2.38. The molecule has 0 aliphatic heterocycles. The summed E-state index contributed by atoms with van der Waals surface area (Å²) in [4.78, 5) is 0. The minimum Gasteiger partial charge on any atom is -0.271 e. The molecule has 1 aliphatic carbocycles. The third-order valence-electron chi connectivity index (χ3n) is 3.96. The van der Waals surface area contributed by atoms with Crippen LogP contribution in [-0.2, 0) is 0 Å². The summed E-state index contributed by atoms with van der Waals surface area (Å²) < 4.78 is 0. The minimum absolute atomic E-state index is 0.464. The highest BCUT2D eigenvalue weighted by atomic mass is 15.2. The summed E-state index contributed by atoms with van der Waals surface area (Å²) in [5, 5.41) is 0. The summed E-state index contributed by atoms with van der Waals surface area (Å²) in [5.74, 6) is 6.42. The summed E-state index contributed by atoms with van der Waals surface area (Å²) in [6.07, 6.45) is 9.50. The fourth-order valence-electron chi connectivity index (χ4n) is 2.98. The Morgan fingerprint density at radius 2 is 2.33 bits per heavy atom. The average molecular weight is 210 g/mol. The predicted octanol–water partition coefficient (Wildman–Crippen LogP) is 3.00. The van der Waals surface area contributed by atoms with Crippen LogP contribution in [0.5, 0.6) is 0 Å². The summed E-state index contributed by atoms with van der Waals surface area (Å²) in [6, 6.07) is 0.488. The van der Waals surface area contributed by atoms with Gasteiger partial charge in [0.25, 0.3) is 0 Å². The van der Waals surface area contributed by atoms with Crippen molar-refractivity contribution in [3.05, 3.63) is 12.7 Å². The fraction of sp³-hybridized carbons (Fsp3) is 0.846. The maximum Gasteiger partial charge on any atom is 0.0243 e. The molecule has 3 N–H and O–H groups in total. The smallest absolute Gasteiger partial charge is 0.0243 e. The lowest BCUT2D eigenvalue weighted by molar-refractivity contribution is 0.188. The van der Waals surface area contributed by atoms with Crippen molar-refractivity contribution in [3.63, 3.8) is 0 Å². The molecule has 0 radical (unpaired) electrons. The minimum atomic E-state index is 0.464. The zero-order valence-electron chi connectivity index (χ0n) is 10.3. The molecule has 0 amide bonds. The molecule has 0 bridgehead atoms. The first-order valence-electron chi connectivity index (χ1n) is 6.19. The molecule has 0 aromatic heterocycles. The number of rotatable bonds is 6. The van der Waals surface area contributed by atoms with Crippen LogP contribution < -0.4 is 11.3 Å². The van der Waals surface area contributed by atoms with Crippen molar-refractivity contribution >= 4 is 0 Å². The van der Waals surface area contributed by atoms with E-state index in [-0.39, 0.29) is 0 Å². The van der Waals surface area contributed by atoms with Crippen molar-refractivity contribution in [1.29, 1.82) is 0 Å². The molecule has 0 aromatic carbocycles. The molecule has 2 unspecified atom stereocenters. The van der Waals surface area contributed by atoms with Gasteiger partial charge in [-0.25, -0.2) is 0 Å². The second-order valence-electron chi connectivity index (χ2n) is 5.48. The van der Waals surface area contributed by atoms with Crippen molar-refractivity contribution in [2.45, 2.75) is 58.4 Å². The molecule has 2 atom stereocenters. The molecule has 88 valence electrons. The number of hydrazine groups is 1. The maximum absolute atomic E-state index is 5.68. The molecule has 0 heterocycles. The Morgan fingerprint density at radius 1 is 1.60 bits per heavy atom. The van der Waals surface area contributed by atoms with Crippen molar-refractivity contribution in [2.24, 2.45) is 17.2 Å². The zero-order valence-corrected chi connectivity index (χ0v) is 10.3. The van der Waals surface area contributed by atoms with E-state index < -0.39 is 0 Å². The van der Waals surface area contributed by atoms with Crippen LogP contribution in [0, 0.1) is 11.3 Å². The molecular formula is C13H26N2. The highest BCUT2D eigenvalue weighted by Crippen LogP contribution is 2.45. The first kappa shape index (κ1) is 12.7. The van der Waals surface area contributed by atoms with Gasteiger partial charge in [0.15, 0.2) is 0 Å². The summed E-state index contributed by atoms with van der Waals surface area (Å²) in [5.41, 5.74) is 3.49. The Morgan fingerprint density at radius 3 is 2.80 bits per heavy atom. The van der Waals surface area contributed by atoms with Gasteiger partial charge in [-0.3, -0.25) is 11.3 Å². The summed E-state index contributed by atoms with van der Waals surface area (Å²) in [6.45, 7) is 8.51. The zero-order chi connectivity index (χ0) is 11.3. The van der Waals surface area contributed by atoms with Crippen molar-refractivity contribution in [2.75, 3.05) is 0 Å². The Kier molecular flexibility index (Phi) is 4.81. The van der Waals surface area contributed by atoms with Crippen LogP contribution in [0.2, 0.25) is 0 Å². The van der Waals surface area contributed by atoms with Gasteiger partial charge in [-0.1, -0.05) is 26.3 Å². The standard InChI is InChI=1S/C13H26N2/c1-4-5-6-9-12(15-14)11-8-7-10-13(11,2)3/h4,11-12,15H,1,5-10,14H2,2-3H3. The van der Waals surface area contributed by atoms with E-state index in [0.717, 1.165) is 12.3 Å². The quantitative estimate of drug-likeness (QED) is 0.306. The van der Waals surface area contributed by atoms with Crippen LogP contribution in [0.25, 0.3) is 0 Å². The second-order valence-corrected chi connectivity index (χ2v) is 5.48. The van der Waals surface area contributed by atoms with Gasteiger partial charge in [0.1, 0.15) is 0 Å². The van der Waals surface area contributed by atoms with E-state index in [0.29, 0.717) is 11.5 Å². The van der Waals surface area contributed by atoms with Crippen LogP contribution in [0.3, 0.4) is 0 Å². The topological polar surface area (TPSA) is 38.0 Å². The van der Waals surface area contributed by atoms with Gasteiger partial charge in [0.05, 0.1) is 0 Å². The second kappa shape index (κ2) is 5.66. The fourth-order valence-corrected chi connectivity index (χ4v) is 2.98. The highest BCUT2D eigenvalue weighted by molar-refractivity contribution is 4.91. The van der Waals surface area contributed by atoms with E-state index in [4.69, 9.17) is 5.84 Å². The van der Waals surface area contributed by atoms with Gasteiger partial charge in [0.2, 0.25) is 0 Å². The van der Waals surface area contributed by atoms with Gasteiger partial charge >= 0.3 is 0 Å². The average Bonchev–Trinajstić information content (AvgIpc) is 2.53. The van der Waals surface area contributed by atoms with E-state index in [1.807, 2.05) is 6.08 Å². The molecule has 1 rings (SSSR count). The molecule has 0 spiro atoms. The molecule has 2 nitrogen and oxygen atoms in total. The van der Waals surface area contributed by atoms with Gasteiger partial charge in [-0.05, 0) is 43.4 Å². The third kappa shape index (κ3) is 3.32. The first-order valence-corrected chi connectivity index (χ1v) is 6.19. The SMILES string of the molecule is C=CCCCC(NN)C1CCCC1(C)C. The lowest BCUT2D eigenvalue weighted by Gasteiger charge is -2.33. The monoisotopic (exact) mass is 210 g/mol. The number of hydrogen-bond donors (Lipinski definition) is 2. The predicted molar refractivity (Wildman–Crippen MR) is 66.3 cm³/mol. The van der Waals surface area contributed by atoms with Crippen LogP contribution in [0.4, 0.5) is 0 Å². The summed E-state index contributed by atoms with van der Waals surface area (Å²) in [7, 11) is 0. The van der Waals surface area contributed by atoms with Crippen molar-refractivity contribution in [3.8, 4) is 0 Å². The number of nitrogens with two attached hydrogens (primary N) is 1. The van der Waals surface area contributed by atoms with Gasteiger partial charge in [-0.15, -0.1) is 6.58 Å². The Balaban J connectivity index is 2.46. The van der Waals surface area contributed by atoms with Crippen molar-refractivity contribution in [1.82, 2.24) is 5.43 Å². The van der Waals surface area contributed by atoms with E-state index in [9.17, 15) is 0 Å². The third-order valence-corrected chi connectivity index (χ3v) is 3.96. The molecule has 1 fully saturated rings. The van der Waals surface area contributed by atoms with E-state index in [2.05, 4.69) is 25.9 Å². The molecule has 1 aliphatic rings.